The van der Waals surface area contributed by atoms with Crippen molar-refractivity contribution in [2.75, 3.05) is 32.7 Å². The van der Waals surface area contributed by atoms with Crippen LogP contribution in [0.4, 0.5) is 0 Å². The predicted molar refractivity (Wildman–Crippen MR) is 104 cm³/mol. The Morgan fingerprint density at radius 1 is 1.15 bits per heavy atom. The van der Waals surface area contributed by atoms with Crippen LogP contribution in [0.15, 0.2) is 36.5 Å². The molecule has 0 aliphatic carbocycles. The minimum absolute atomic E-state index is 0.190. The number of nitrogens with zero attached hydrogens (tertiary/aromatic N) is 3. The average molecular weight is 368 g/mol. The van der Waals surface area contributed by atoms with E-state index in [1.165, 1.54) is 16.8 Å². The van der Waals surface area contributed by atoms with Gasteiger partial charge in [0.1, 0.15) is 0 Å². The molecule has 2 aliphatic heterocycles. The number of rotatable bonds is 4. The molecule has 0 saturated carbocycles. The molecule has 1 amide bonds. The zero-order valence-electron chi connectivity index (χ0n) is 15.7. The number of aromatic amines is 1. The summed E-state index contributed by atoms with van der Waals surface area (Å²) in [6.45, 7) is 3.53. The first-order valence-electron chi connectivity index (χ1n) is 9.97. The molecule has 2 aliphatic rings. The molecule has 4 rings (SSSR count). The predicted octanol–water partition coefficient (Wildman–Crippen LogP) is 2.24. The van der Waals surface area contributed by atoms with Crippen molar-refractivity contribution >= 4 is 5.91 Å². The highest BCUT2D eigenvalue weighted by atomic mass is 16.3. The highest BCUT2D eigenvalue weighted by molar-refractivity contribution is 5.78. The summed E-state index contributed by atoms with van der Waals surface area (Å²) in [5, 5.41) is 17.3. The number of hydrogen-bond acceptors (Lipinski definition) is 4. The third-order valence-corrected chi connectivity index (χ3v) is 5.85. The van der Waals surface area contributed by atoms with Gasteiger partial charge in [-0.2, -0.15) is 5.10 Å². The first-order valence-corrected chi connectivity index (χ1v) is 9.97. The van der Waals surface area contributed by atoms with Crippen LogP contribution in [0, 0.1) is 0 Å². The third-order valence-electron chi connectivity index (χ3n) is 5.85. The zero-order chi connectivity index (χ0) is 18.6. The molecule has 27 heavy (non-hydrogen) atoms. The molecular weight excluding hydrogens is 340 g/mol. The maximum absolute atomic E-state index is 12.6. The molecule has 1 aromatic carbocycles. The lowest BCUT2D eigenvalue weighted by Gasteiger charge is -2.35. The summed E-state index contributed by atoms with van der Waals surface area (Å²) in [6, 6.07) is 10.3. The number of carbonyl (C=O) groups is 1. The summed E-state index contributed by atoms with van der Waals surface area (Å²) < 4.78 is 0. The lowest BCUT2D eigenvalue weighted by Crippen LogP contribution is -2.47. The van der Waals surface area contributed by atoms with E-state index in [1.54, 1.807) is 0 Å². The summed E-state index contributed by atoms with van der Waals surface area (Å²) in [6.07, 6.45) is 5.35. The van der Waals surface area contributed by atoms with Crippen molar-refractivity contribution in [3.63, 3.8) is 0 Å². The number of hydrogen-bond donors (Lipinski definition) is 2. The molecule has 1 unspecified atom stereocenters. The minimum atomic E-state index is -0.283. The Balaban J connectivity index is 1.34. The van der Waals surface area contributed by atoms with E-state index < -0.39 is 0 Å². The second-order valence-corrected chi connectivity index (χ2v) is 7.75. The van der Waals surface area contributed by atoms with Crippen molar-refractivity contribution in [3.05, 3.63) is 42.2 Å². The lowest BCUT2D eigenvalue weighted by atomic mass is 9.89. The number of aromatic nitrogens is 2. The molecule has 1 aromatic heterocycles. The van der Waals surface area contributed by atoms with Crippen LogP contribution in [0.25, 0.3) is 11.1 Å². The second-order valence-electron chi connectivity index (χ2n) is 7.75. The van der Waals surface area contributed by atoms with Crippen LogP contribution in [0.1, 0.15) is 37.3 Å². The summed E-state index contributed by atoms with van der Waals surface area (Å²) in [4.78, 5) is 16.7. The zero-order valence-corrected chi connectivity index (χ0v) is 15.7. The molecule has 6 nitrogen and oxygen atoms in total. The van der Waals surface area contributed by atoms with E-state index in [9.17, 15) is 9.90 Å². The van der Waals surface area contributed by atoms with E-state index in [2.05, 4.69) is 27.2 Å². The molecule has 2 N–H and O–H groups in total. The van der Waals surface area contributed by atoms with E-state index >= 15 is 0 Å². The monoisotopic (exact) mass is 368 g/mol. The highest BCUT2D eigenvalue weighted by Gasteiger charge is 2.28. The molecule has 2 fully saturated rings. The molecule has 2 saturated heterocycles. The van der Waals surface area contributed by atoms with Gasteiger partial charge in [0.15, 0.2) is 0 Å². The number of benzene rings is 1. The number of carbonyl (C=O) groups excluding carboxylic acids is 1. The molecule has 3 heterocycles. The Bertz CT molecular complexity index is 753. The van der Waals surface area contributed by atoms with Crippen molar-refractivity contribution in [1.82, 2.24) is 20.0 Å². The van der Waals surface area contributed by atoms with Gasteiger partial charge in [0, 0.05) is 36.8 Å². The van der Waals surface area contributed by atoms with Gasteiger partial charge in [-0.05, 0) is 37.8 Å². The molecular formula is C21H28N4O2. The molecule has 0 spiro atoms. The van der Waals surface area contributed by atoms with Crippen LogP contribution in [0.2, 0.25) is 0 Å². The number of nitrogens with one attached hydrogen (secondary N) is 1. The minimum Gasteiger partial charge on any atom is -0.392 e. The van der Waals surface area contributed by atoms with Gasteiger partial charge in [-0.25, -0.2) is 0 Å². The Kier molecular flexibility index (Phi) is 5.55. The second kappa shape index (κ2) is 8.23. The Labute approximate surface area is 160 Å². The molecule has 2 aromatic rings. The number of aliphatic hydroxyl groups excluding tert-OH is 1. The Hall–Kier alpha value is -2.18. The maximum atomic E-state index is 12.6. The number of β-amino-alcohol motifs (C(OH)–C–C–N with tert-alkyl or cyclic N) is 1. The summed E-state index contributed by atoms with van der Waals surface area (Å²) in [7, 11) is 0. The largest absolute Gasteiger partial charge is 0.392 e. The van der Waals surface area contributed by atoms with Gasteiger partial charge < -0.3 is 10.0 Å². The molecule has 6 heteroatoms. The van der Waals surface area contributed by atoms with Gasteiger partial charge in [0.05, 0.1) is 18.8 Å². The van der Waals surface area contributed by atoms with Crippen molar-refractivity contribution in [2.24, 2.45) is 0 Å². The van der Waals surface area contributed by atoms with Gasteiger partial charge in [-0.1, -0.05) is 30.3 Å². The number of piperidine rings is 2. The van der Waals surface area contributed by atoms with Crippen LogP contribution in [0.3, 0.4) is 0 Å². The molecule has 1 atom stereocenters. The van der Waals surface area contributed by atoms with Crippen LogP contribution in [-0.4, -0.2) is 69.8 Å². The molecule has 144 valence electrons. The summed E-state index contributed by atoms with van der Waals surface area (Å²) >= 11 is 0. The van der Waals surface area contributed by atoms with Crippen LogP contribution in [0.5, 0.6) is 0 Å². The highest BCUT2D eigenvalue weighted by Crippen LogP contribution is 2.33. The Morgan fingerprint density at radius 3 is 2.67 bits per heavy atom. The van der Waals surface area contributed by atoms with E-state index in [1.807, 2.05) is 29.3 Å². The third kappa shape index (κ3) is 4.22. The number of likely N-dealkylation sites (tertiary alicyclic amines) is 2. The standard InChI is InChI=1S/C21H28N4O2/c26-18-7-4-10-24(14-18)15-20(27)25-11-8-17(9-12-25)21-19(13-22-23-21)16-5-2-1-3-6-16/h1-3,5-6,13,17-18,26H,4,7-12,14-15H2,(H,22,23). The topological polar surface area (TPSA) is 72.5 Å². The van der Waals surface area contributed by atoms with Gasteiger partial charge in [0.2, 0.25) is 5.91 Å². The number of aliphatic hydroxyl groups is 1. The van der Waals surface area contributed by atoms with Crippen LogP contribution >= 0.6 is 0 Å². The van der Waals surface area contributed by atoms with Crippen LogP contribution < -0.4 is 0 Å². The van der Waals surface area contributed by atoms with E-state index in [0.29, 0.717) is 19.0 Å². The fourth-order valence-electron chi connectivity index (χ4n) is 4.34. The van der Waals surface area contributed by atoms with E-state index in [4.69, 9.17) is 0 Å². The van der Waals surface area contributed by atoms with Crippen molar-refractivity contribution in [1.29, 1.82) is 0 Å². The average Bonchev–Trinajstić information content (AvgIpc) is 3.19. The van der Waals surface area contributed by atoms with Gasteiger partial charge >= 0.3 is 0 Å². The smallest absolute Gasteiger partial charge is 0.236 e. The fourth-order valence-corrected chi connectivity index (χ4v) is 4.34. The molecule has 0 bridgehead atoms. The maximum Gasteiger partial charge on any atom is 0.236 e. The number of H-pyrrole nitrogens is 1. The first kappa shape index (κ1) is 18.2. The van der Waals surface area contributed by atoms with Crippen molar-refractivity contribution in [3.8, 4) is 11.1 Å². The van der Waals surface area contributed by atoms with E-state index in [-0.39, 0.29) is 12.0 Å². The quantitative estimate of drug-likeness (QED) is 0.868. The normalized spacial score (nSPS) is 22.1. The van der Waals surface area contributed by atoms with E-state index in [0.717, 1.165) is 45.3 Å². The van der Waals surface area contributed by atoms with Crippen molar-refractivity contribution in [2.45, 2.75) is 37.7 Å². The lowest BCUT2D eigenvalue weighted by molar-refractivity contribution is -0.134. The fraction of sp³-hybridized carbons (Fsp3) is 0.524. The summed E-state index contributed by atoms with van der Waals surface area (Å²) in [5.74, 6) is 0.596. The summed E-state index contributed by atoms with van der Waals surface area (Å²) in [5.41, 5.74) is 3.54. The molecule has 0 radical (unpaired) electrons. The Morgan fingerprint density at radius 2 is 1.93 bits per heavy atom. The number of amides is 1. The van der Waals surface area contributed by atoms with Gasteiger partial charge in [-0.3, -0.25) is 14.8 Å². The first-order chi connectivity index (χ1) is 13.2. The van der Waals surface area contributed by atoms with Crippen molar-refractivity contribution < 1.29 is 9.90 Å². The van der Waals surface area contributed by atoms with Gasteiger partial charge in [0.25, 0.3) is 0 Å². The van der Waals surface area contributed by atoms with Crippen LogP contribution in [-0.2, 0) is 4.79 Å². The van der Waals surface area contributed by atoms with Gasteiger partial charge in [-0.15, -0.1) is 0 Å². The SMILES string of the molecule is O=C(CN1CCCC(O)C1)N1CCC(c2[nH]ncc2-c2ccccc2)CC1.